The number of nitrogens with zero attached hydrogens (tertiary/aromatic N) is 2. The number of hydrogen-bond donors (Lipinski definition) is 1. The van der Waals surface area contributed by atoms with Crippen molar-refractivity contribution >= 4 is 15.9 Å². The third-order valence-electron chi connectivity index (χ3n) is 6.35. The van der Waals surface area contributed by atoms with Gasteiger partial charge in [-0.05, 0) is 63.5 Å². The first-order valence-corrected chi connectivity index (χ1v) is 12.8. The highest BCUT2D eigenvalue weighted by Gasteiger charge is 2.32. The molecule has 0 saturated carbocycles. The largest absolute Gasteiger partial charge is 0.354 e. The van der Waals surface area contributed by atoms with Crippen LogP contribution in [0.4, 0.5) is 0 Å². The zero-order valence-electron chi connectivity index (χ0n) is 19.5. The lowest BCUT2D eigenvalue weighted by Gasteiger charge is -2.31. The van der Waals surface area contributed by atoms with Gasteiger partial charge in [-0.25, -0.2) is 8.42 Å². The van der Waals surface area contributed by atoms with Gasteiger partial charge in [0.1, 0.15) is 0 Å². The molecule has 1 atom stereocenters. The van der Waals surface area contributed by atoms with Crippen molar-refractivity contribution in [2.45, 2.75) is 44.0 Å². The first-order chi connectivity index (χ1) is 15.2. The van der Waals surface area contributed by atoms with Crippen LogP contribution in [0.15, 0.2) is 53.4 Å². The molecule has 32 heavy (non-hydrogen) atoms. The first kappa shape index (κ1) is 24.4. The molecule has 1 fully saturated rings. The molecule has 0 aliphatic carbocycles. The quantitative estimate of drug-likeness (QED) is 0.660. The van der Waals surface area contributed by atoms with Gasteiger partial charge in [-0.15, -0.1) is 0 Å². The Morgan fingerprint density at radius 3 is 2.19 bits per heavy atom. The van der Waals surface area contributed by atoms with Crippen LogP contribution in [0.3, 0.4) is 0 Å². The Labute approximate surface area is 192 Å². The number of carbonyl (C=O) groups is 1. The van der Waals surface area contributed by atoms with Gasteiger partial charge in [0.25, 0.3) is 0 Å². The van der Waals surface area contributed by atoms with E-state index in [9.17, 15) is 13.2 Å². The predicted octanol–water partition coefficient (Wildman–Crippen LogP) is 3.38. The van der Waals surface area contributed by atoms with Crippen molar-refractivity contribution in [3.63, 3.8) is 0 Å². The minimum atomic E-state index is -3.51. The summed E-state index contributed by atoms with van der Waals surface area (Å²) in [5.41, 5.74) is 3.49. The van der Waals surface area contributed by atoms with E-state index in [0.29, 0.717) is 37.4 Å². The van der Waals surface area contributed by atoms with E-state index in [4.69, 9.17) is 0 Å². The number of carbonyl (C=O) groups excluding carboxylic acids is 1. The molecule has 7 heteroatoms. The van der Waals surface area contributed by atoms with Crippen LogP contribution in [0, 0.1) is 12.8 Å². The topological polar surface area (TPSA) is 69.7 Å². The Bertz CT molecular complexity index is 994. The maximum atomic E-state index is 12.9. The Morgan fingerprint density at radius 2 is 1.66 bits per heavy atom. The van der Waals surface area contributed by atoms with Gasteiger partial charge in [0.05, 0.1) is 10.9 Å². The third kappa shape index (κ3) is 5.77. The Hall–Kier alpha value is -2.22. The maximum absolute atomic E-state index is 12.9. The smallest absolute Gasteiger partial charge is 0.243 e. The number of rotatable bonds is 8. The molecule has 3 rings (SSSR count). The van der Waals surface area contributed by atoms with Gasteiger partial charge in [0.15, 0.2) is 0 Å². The van der Waals surface area contributed by atoms with E-state index in [1.54, 1.807) is 12.1 Å². The standard InChI is InChI=1S/C25H35N3O3S/c1-5-20-8-10-21(11-9-20)24(27(3)4)18-26-25(29)22-14-16-28(17-15-22)32(30,31)23-12-6-19(2)7-13-23/h6-13,22,24H,5,14-18H2,1-4H3,(H,26,29). The summed E-state index contributed by atoms with van der Waals surface area (Å²) in [5.74, 6) is -0.154. The normalized spacial score (nSPS) is 16.8. The molecule has 6 nitrogen and oxygen atoms in total. The number of piperidine rings is 1. The lowest BCUT2D eigenvalue weighted by atomic mass is 9.96. The summed E-state index contributed by atoms with van der Waals surface area (Å²) in [6.07, 6.45) is 2.07. The van der Waals surface area contributed by atoms with Crippen molar-refractivity contribution in [3.05, 3.63) is 65.2 Å². The van der Waals surface area contributed by atoms with Crippen LogP contribution >= 0.6 is 0 Å². The number of aryl methyl sites for hydroxylation is 2. The Morgan fingerprint density at radius 1 is 1.06 bits per heavy atom. The second-order valence-corrected chi connectivity index (χ2v) is 10.7. The van der Waals surface area contributed by atoms with Crippen LogP contribution in [0.1, 0.15) is 42.5 Å². The predicted molar refractivity (Wildman–Crippen MR) is 128 cm³/mol. The molecule has 1 saturated heterocycles. The van der Waals surface area contributed by atoms with Crippen molar-refractivity contribution in [1.29, 1.82) is 0 Å². The zero-order chi connectivity index (χ0) is 23.3. The summed E-state index contributed by atoms with van der Waals surface area (Å²) < 4.78 is 27.3. The summed E-state index contributed by atoms with van der Waals surface area (Å²) in [4.78, 5) is 15.2. The first-order valence-electron chi connectivity index (χ1n) is 11.3. The van der Waals surface area contributed by atoms with E-state index in [2.05, 4.69) is 41.4 Å². The van der Waals surface area contributed by atoms with Gasteiger partial charge in [0.2, 0.25) is 15.9 Å². The van der Waals surface area contributed by atoms with Gasteiger partial charge in [-0.3, -0.25) is 4.79 Å². The minimum absolute atomic E-state index is 0.00872. The molecule has 0 aromatic heterocycles. The van der Waals surface area contributed by atoms with E-state index in [0.717, 1.165) is 12.0 Å². The van der Waals surface area contributed by atoms with Crippen LogP contribution in [-0.4, -0.2) is 57.3 Å². The summed E-state index contributed by atoms with van der Waals surface area (Å²) in [7, 11) is 0.514. The molecule has 1 aliphatic heterocycles. The van der Waals surface area contributed by atoms with Crippen LogP contribution in [0.5, 0.6) is 0 Å². The van der Waals surface area contributed by atoms with Gasteiger partial charge in [-0.2, -0.15) is 4.31 Å². The van der Waals surface area contributed by atoms with Crippen LogP contribution in [0.25, 0.3) is 0 Å². The summed E-state index contributed by atoms with van der Waals surface area (Å²) in [6, 6.07) is 15.5. The van der Waals surface area contributed by atoms with Crippen LogP contribution < -0.4 is 5.32 Å². The van der Waals surface area contributed by atoms with Gasteiger partial charge in [0, 0.05) is 25.6 Å². The number of nitrogens with one attached hydrogen (secondary N) is 1. The van der Waals surface area contributed by atoms with Crippen LogP contribution in [-0.2, 0) is 21.2 Å². The fourth-order valence-electron chi connectivity index (χ4n) is 4.13. The lowest BCUT2D eigenvalue weighted by Crippen LogP contribution is -2.44. The maximum Gasteiger partial charge on any atom is 0.243 e. The van der Waals surface area contributed by atoms with Crippen molar-refractivity contribution in [3.8, 4) is 0 Å². The van der Waals surface area contributed by atoms with Gasteiger partial charge in [-0.1, -0.05) is 48.9 Å². The molecule has 0 bridgehead atoms. The molecule has 174 valence electrons. The van der Waals surface area contributed by atoms with Crippen molar-refractivity contribution in [2.24, 2.45) is 5.92 Å². The molecular formula is C25H35N3O3S. The number of sulfonamides is 1. The second kappa shape index (κ2) is 10.6. The highest BCUT2D eigenvalue weighted by molar-refractivity contribution is 7.89. The SMILES string of the molecule is CCc1ccc(C(CNC(=O)C2CCN(S(=O)(=O)c3ccc(C)cc3)CC2)N(C)C)cc1. The molecular weight excluding hydrogens is 422 g/mol. The summed E-state index contributed by atoms with van der Waals surface area (Å²) >= 11 is 0. The third-order valence-corrected chi connectivity index (χ3v) is 8.26. The van der Waals surface area contributed by atoms with Crippen molar-refractivity contribution in [1.82, 2.24) is 14.5 Å². The molecule has 1 amide bonds. The molecule has 1 N–H and O–H groups in total. The van der Waals surface area contributed by atoms with E-state index in [-0.39, 0.29) is 17.9 Å². The lowest BCUT2D eigenvalue weighted by molar-refractivity contribution is -0.126. The number of hydrogen-bond acceptors (Lipinski definition) is 4. The molecule has 2 aromatic carbocycles. The molecule has 1 heterocycles. The van der Waals surface area contributed by atoms with Crippen molar-refractivity contribution < 1.29 is 13.2 Å². The fourth-order valence-corrected chi connectivity index (χ4v) is 5.60. The number of amides is 1. The molecule has 0 spiro atoms. The average Bonchev–Trinajstić information content (AvgIpc) is 2.79. The Kier molecular flexibility index (Phi) is 8.09. The van der Waals surface area contributed by atoms with E-state index >= 15 is 0 Å². The number of likely N-dealkylation sites (N-methyl/N-ethyl adjacent to an activating group) is 1. The number of benzene rings is 2. The molecule has 1 unspecified atom stereocenters. The van der Waals surface area contributed by atoms with Gasteiger partial charge < -0.3 is 10.2 Å². The second-order valence-electron chi connectivity index (χ2n) is 8.81. The monoisotopic (exact) mass is 457 g/mol. The van der Waals surface area contributed by atoms with E-state index in [1.807, 2.05) is 33.2 Å². The van der Waals surface area contributed by atoms with Gasteiger partial charge >= 0.3 is 0 Å². The highest BCUT2D eigenvalue weighted by Crippen LogP contribution is 2.25. The minimum Gasteiger partial charge on any atom is -0.354 e. The average molecular weight is 458 g/mol. The summed E-state index contributed by atoms with van der Waals surface area (Å²) in [5, 5.41) is 3.10. The summed E-state index contributed by atoms with van der Waals surface area (Å²) in [6.45, 7) is 5.32. The fraction of sp³-hybridized carbons (Fsp3) is 0.480. The zero-order valence-corrected chi connectivity index (χ0v) is 20.4. The highest BCUT2D eigenvalue weighted by atomic mass is 32.2. The molecule has 0 radical (unpaired) electrons. The molecule has 1 aliphatic rings. The Balaban J connectivity index is 1.56. The van der Waals surface area contributed by atoms with Crippen molar-refractivity contribution in [2.75, 3.05) is 33.7 Å². The van der Waals surface area contributed by atoms with Crippen LogP contribution in [0.2, 0.25) is 0 Å². The van der Waals surface area contributed by atoms with E-state index < -0.39 is 10.0 Å². The molecule has 2 aromatic rings. The van der Waals surface area contributed by atoms with E-state index in [1.165, 1.54) is 15.4 Å².